The molecule has 0 fully saturated rings. The Hall–Kier alpha value is -0.490. The van der Waals surface area contributed by atoms with Gasteiger partial charge in [-0.25, -0.2) is 4.98 Å². The lowest BCUT2D eigenvalue weighted by Crippen LogP contribution is -1.80. The molecule has 2 rings (SSSR count). The number of rotatable bonds is 1. The average Bonchev–Trinajstić information content (AvgIpc) is 2.47. The molecular weight excluding hydrogens is 295 g/mol. The molecule has 0 unspecified atom stereocenters. The van der Waals surface area contributed by atoms with Crippen LogP contribution in [0.3, 0.4) is 0 Å². The third-order valence-corrected chi connectivity index (χ3v) is 3.58. The van der Waals surface area contributed by atoms with Crippen LogP contribution < -0.4 is 0 Å². The van der Waals surface area contributed by atoms with Gasteiger partial charge in [0, 0.05) is 18.0 Å². The lowest BCUT2D eigenvalue weighted by atomic mass is 10.2. The molecule has 0 aromatic carbocycles. The molecule has 0 spiro atoms. The minimum Gasteiger partial charge on any atom is -0.265 e. The Balaban J connectivity index is 2.53. The number of aromatic nitrogens is 2. The summed E-state index contributed by atoms with van der Waals surface area (Å²) in [4.78, 5) is 8.44. The number of nitrogens with zero attached hydrogens (tertiary/aromatic N) is 2. The van der Waals surface area contributed by atoms with E-state index in [-0.39, 0.29) is 0 Å². The molecule has 0 amide bonds. The maximum Gasteiger partial charge on any atom is 0.0950 e. The summed E-state index contributed by atoms with van der Waals surface area (Å²) in [7, 11) is 0. The van der Waals surface area contributed by atoms with E-state index in [0.717, 1.165) is 16.3 Å². The Morgan fingerprint density at radius 2 is 2.00 bits per heavy atom. The fourth-order valence-electron chi connectivity index (χ4n) is 1.09. The van der Waals surface area contributed by atoms with E-state index in [1.807, 2.05) is 19.1 Å². The third-order valence-electron chi connectivity index (χ3n) is 1.65. The van der Waals surface area contributed by atoms with Crippen molar-refractivity contribution < 1.29 is 0 Å². The van der Waals surface area contributed by atoms with E-state index >= 15 is 0 Å². The van der Waals surface area contributed by atoms with Crippen LogP contribution in [0.4, 0.5) is 0 Å². The highest BCUT2D eigenvalue weighted by Gasteiger charge is 2.07. The normalized spacial score (nSPS) is 10.3. The van der Waals surface area contributed by atoms with E-state index in [9.17, 15) is 0 Å². The van der Waals surface area contributed by atoms with Gasteiger partial charge in [0.25, 0.3) is 0 Å². The lowest BCUT2D eigenvalue weighted by molar-refractivity contribution is 1.27. The smallest absolute Gasteiger partial charge is 0.0950 e. The van der Waals surface area contributed by atoms with E-state index in [2.05, 4.69) is 32.6 Å². The Morgan fingerprint density at radius 3 is 2.54 bits per heavy atom. The molecule has 2 aromatic heterocycles. The summed E-state index contributed by atoms with van der Waals surface area (Å²) in [6.07, 6.45) is 3.58. The Kier molecular flexibility index (Phi) is 2.59. The van der Waals surface area contributed by atoms with Gasteiger partial charge in [0.1, 0.15) is 0 Å². The molecule has 0 aliphatic rings. The van der Waals surface area contributed by atoms with Gasteiger partial charge in [-0.2, -0.15) is 0 Å². The predicted octanol–water partition coefficient (Wildman–Crippen LogP) is 3.12. The summed E-state index contributed by atoms with van der Waals surface area (Å²) in [5, 5.41) is 1.11. The van der Waals surface area contributed by atoms with Gasteiger partial charge in [0.2, 0.25) is 0 Å². The molecular formula is C9H7IN2S. The van der Waals surface area contributed by atoms with Gasteiger partial charge in [-0.1, -0.05) is 0 Å². The molecule has 0 bridgehead atoms. The van der Waals surface area contributed by atoms with Crippen LogP contribution in [-0.4, -0.2) is 9.97 Å². The van der Waals surface area contributed by atoms with Gasteiger partial charge in [-0.3, -0.25) is 4.98 Å². The van der Waals surface area contributed by atoms with Gasteiger partial charge < -0.3 is 0 Å². The van der Waals surface area contributed by atoms with Crippen molar-refractivity contribution in [2.24, 2.45) is 0 Å². The second-order valence-corrected chi connectivity index (χ2v) is 5.61. The van der Waals surface area contributed by atoms with Gasteiger partial charge in [0.05, 0.1) is 13.6 Å². The molecule has 0 radical (unpaired) electrons. The zero-order valence-electron chi connectivity index (χ0n) is 6.99. The molecule has 0 aliphatic carbocycles. The van der Waals surface area contributed by atoms with Crippen molar-refractivity contribution in [3.05, 3.63) is 32.4 Å². The highest BCUT2D eigenvalue weighted by molar-refractivity contribution is 14.1. The second kappa shape index (κ2) is 3.71. The second-order valence-electron chi connectivity index (χ2n) is 2.59. The van der Waals surface area contributed by atoms with Crippen molar-refractivity contribution in [3.8, 4) is 11.3 Å². The summed E-state index contributed by atoms with van der Waals surface area (Å²) in [5.74, 6) is 0. The molecule has 13 heavy (non-hydrogen) atoms. The molecule has 0 saturated carbocycles. The quantitative estimate of drug-likeness (QED) is 0.756. The molecule has 2 aromatic rings. The topological polar surface area (TPSA) is 25.8 Å². The van der Waals surface area contributed by atoms with Crippen LogP contribution in [0.25, 0.3) is 11.3 Å². The van der Waals surface area contributed by atoms with Crippen LogP contribution in [0.2, 0.25) is 0 Å². The maximum atomic E-state index is 4.46. The van der Waals surface area contributed by atoms with Crippen molar-refractivity contribution in [3.63, 3.8) is 0 Å². The number of aryl methyl sites for hydroxylation is 1. The van der Waals surface area contributed by atoms with Crippen LogP contribution in [-0.2, 0) is 0 Å². The summed E-state index contributed by atoms with van der Waals surface area (Å²) in [5.41, 5.74) is 2.22. The fraction of sp³-hybridized carbons (Fsp3) is 0.111. The van der Waals surface area contributed by atoms with E-state index in [1.54, 1.807) is 23.7 Å². The van der Waals surface area contributed by atoms with Crippen LogP contribution in [0.5, 0.6) is 0 Å². The van der Waals surface area contributed by atoms with Crippen molar-refractivity contribution in [2.45, 2.75) is 6.92 Å². The standard InChI is InChI=1S/C9H7IN2S/c1-6-12-8(9(10)13-6)7-2-4-11-5-3-7/h2-5H,1H3. The molecule has 2 heterocycles. The molecule has 0 aliphatic heterocycles. The van der Waals surface area contributed by atoms with Crippen molar-refractivity contribution in [1.29, 1.82) is 0 Å². The summed E-state index contributed by atoms with van der Waals surface area (Å²) < 4.78 is 1.24. The highest BCUT2D eigenvalue weighted by Crippen LogP contribution is 2.28. The van der Waals surface area contributed by atoms with E-state index in [1.165, 1.54) is 2.88 Å². The average molecular weight is 302 g/mol. The zero-order chi connectivity index (χ0) is 9.26. The molecule has 0 saturated heterocycles. The Morgan fingerprint density at radius 1 is 1.31 bits per heavy atom. The zero-order valence-corrected chi connectivity index (χ0v) is 9.96. The first-order chi connectivity index (χ1) is 6.27. The molecule has 2 nitrogen and oxygen atoms in total. The Labute approximate surface area is 94.2 Å². The molecule has 66 valence electrons. The predicted molar refractivity (Wildman–Crippen MR) is 62.8 cm³/mol. The number of hydrogen-bond donors (Lipinski definition) is 0. The SMILES string of the molecule is Cc1nc(-c2ccncc2)c(I)s1. The van der Waals surface area contributed by atoms with E-state index in [0.29, 0.717) is 0 Å². The minimum absolute atomic E-state index is 1.07. The number of halogens is 1. The summed E-state index contributed by atoms with van der Waals surface area (Å²) in [6, 6.07) is 3.97. The van der Waals surface area contributed by atoms with Crippen LogP contribution in [0.15, 0.2) is 24.5 Å². The first-order valence-electron chi connectivity index (χ1n) is 3.80. The minimum atomic E-state index is 1.07. The lowest BCUT2D eigenvalue weighted by Gasteiger charge is -1.94. The molecule has 0 N–H and O–H groups in total. The largest absolute Gasteiger partial charge is 0.265 e. The summed E-state index contributed by atoms with van der Waals surface area (Å²) >= 11 is 4.04. The highest BCUT2D eigenvalue weighted by atomic mass is 127. The Bertz CT molecular complexity index is 411. The van der Waals surface area contributed by atoms with Gasteiger partial charge in [-0.05, 0) is 41.6 Å². The van der Waals surface area contributed by atoms with Crippen molar-refractivity contribution in [2.75, 3.05) is 0 Å². The van der Waals surface area contributed by atoms with Gasteiger partial charge in [-0.15, -0.1) is 11.3 Å². The van der Waals surface area contributed by atoms with E-state index < -0.39 is 0 Å². The first-order valence-corrected chi connectivity index (χ1v) is 5.70. The number of hydrogen-bond acceptors (Lipinski definition) is 3. The summed E-state index contributed by atoms with van der Waals surface area (Å²) in [6.45, 7) is 2.03. The van der Waals surface area contributed by atoms with E-state index in [4.69, 9.17) is 0 Å². The van der Waals surface area contributed by atoms with Gasteiger partial charge >= 0.3 is 0 Å². The van der Waals surface area contributed by atoms with Crippen molar-refractivity contribution in [1.82, 2.24) is 9.97 Å². The first kappa shape index (κ1) is 9.08. The number of thiazole rings is 1. The van der Waals surface area contributed by atoms with Crippen LogP contribution in [0.1, 0.15) is 5.01 Å². The van der Waals surface area contributed by atoms with Gasteiger partial charge in [0.15, 0.2) is 0 Å². The number of pyridine rings is 1. The molecule has 4 heteroatoms. The van der Waals surface area contributed by atoms with Crippen LogP contribution >= 0.6 is 33.9 Å². The fourth-order valence-corrected chi connectivity index (χ4v) is 3.13. The van der Waals surface area contributed by atoms with Crippen LogP contribution in [0, 0.1) is 9.81 Å². The third kappa shape index (κ3) is 1.88. The molecule has 0 atom stereocenters. The maximum absolute atomic E-state index is 4.46. The van der Waals surface area contributed by atoms with Crippen molar-refractivity contribution >= 4 is 33.9 Å². The monoisotopic (exact) mass is 302 g/mol.